The van der Waals surface area contributed by atoms with Crippen molar-refractivity contribution in [1.29, 1.82) is 0 Å². The summed E-state index contributed by atoms with van der Waals surface area (Å²) in [5.74, 6) is 0.170. The first-order valence-electron chi connectivity index (χ1n) is 9.39. The number of nitrogens with one attached hydrogen (secondary N) is 1. The molecule has 3 aromatic rings. The lowest BCUT2D eigenvalue weighted by molar-refractivity contribution is -0.119. The fraction of sp³-hybridized carbons (Fsp3) is 0.174. The number of aryl methyl sites for hydroxylation is 2. The lowest BCUT2D eigenvalue weighted by Crippen LogP contribution is -2.40. The van der Waals surface area contributed by atoms with Gasteiger partial charge in [-0.15, -0.1) is 0 Å². The number of ether oxygens (including phenoxy) is 1. The van der Waals surface area contributed by atoms with Crippen molar-refractivity contribution >= 4 is 17.5 Å². The number of rotatable bonds is 4. The maximum Gasteiger partial charge on any atom is 0.264 e. The number of carbonyl (C=O) groups excluding carboxylic acids is 2. The number of anilines is 1. The van der Waals surface area contributed by atoms with Crippen molar-refractivity contribution in [1.82, 2.24) is 10.3 Å². The fourth-order valence-electron chi connectivity index (χ4n) is 3.28. The van der Waals surface area contributed by atoms with Crippen molar-refractivity contribution in [2.75, 3.05) is 11.4 Å². The van der Waals surface area contributed by atoms with Crippen LogP contribution in [0.2, 0.25) is 0 Å². The molecule has 1 aliphatic rings. The van der Waals surface area contributed by atoms with Gasteiger partial charge in [-0.2, -0.15) is 0 Å². The molecule has 0 fully saturated rings. The Balaban J connectivity index is 1.61. The molecule has 2 heterocycles. The van der Waals surface area contributed by atoms with E-state index in [-0.39, 0.29) is 24.2 Å². The van der Waals surface area contributed by atoms with Crippen LogP contribution < -0.4 is 15.0 Å². The predicted octanol–water partition coefficient (Wildman–Crippen LogP) is 3.77. The quantitative estimate of drug-likeness (QED) is 0.740. The Morgan fingerprint density at radius 2 is 1.93 bits per heavy atom. The topological polar surface area (TPSA) is 71.5 Å². The van der Waals surface area contributed by atoms with E-state index in [1.165, 1.54) is 4.90 Å². The molecule has 1 aromatic heterocycles. The molecule has 0 spiro atoms. The first-order chi connectivity index (χ1) is 14.0. The predicted molar refractivity (Wildman–Crippen MR) is 110 cm³/mol. The molecular weight excluding hydrogens is 366 g/mol. The van der Waals surface area contributed by atoms with Crippen LogP contribution in [-0.2, 0) is 11.3 Å². The number of amides is 2. The summed E-state index contributed by atoms with van der Waals surface area (Å²) in [6.07, 6.45) is 1.57. The normalized spacial score (nSPS) is 12.5. The van der Waals surface area contributed by atoms with Crippen LogP contribution in [0.25, 0.3) is 0 Å². The summed E-state index contributed by atoms with van der Waals surface area (Å²) in [7, 11) is 0. The van der Waals surface area contributed by atoms with Gasteiger partial charge >= 0.3 is 0 Å². The molecule has 0 aliphatic carbocycles. The maximum atomic E-state index is 13.2. The van der Waals surface area contributed by atoms with E-state index in [4.69, 9.17) is 4.74 Å². The zero-order valence-electron chi connectivity index (χ0n) is 16.3. The van der Waals surface area contributed by atoms with Crippen molar-refractivity contribution in [2.45, 2.75) is 20.4 Å². The van der Waals surface area contributed by atoms with Gasteiger partial charge in [0.15, 0.2) is 5.75 Å². The van der Waals surface area contributed by atoms with Crippen LogP contribution in [0.3, 0.4) is 0 Å². The Bertz CT molecular complexity index is 1090. The highest BCUT2D eigenvalue weighted by Gasteiger charge is 2.30. The van der Waals surface area contributed by atoms with Crippen molar-refractivity contribution < 1.29 is 14.3 Å². The number of aromatic nitrogens is 1. The number of benzene rings is 2. The Morgan fingerprint density at radius 3 is 2.76 bits per heavy atom. The molecule has 4 rings (SSSR count). The molecular formula is C23H21N3O3. The summed E-state index contributed by atoms with van der Waals surface area (Å²) in [6, 6.07) is 16.7. The Kier molecular flexibility index (Phi) is 4.99. The van der Waals surface area contributed by atoms with E-state index in [0.717, 1.165) is 16.7 Å². The van der Waals surface area contributed by atoms with E-state index in [0.29, 0.717) is 23.5 Å². The van der Waals surface area contributed by atoms with Crippen LogP contribution in [0.15, 0.2) is 60.8 Å². The van der Waals surface area contributed by atoms with Crippen LogP contribution in [0.1, 0.15) is 27.0 Å². The monoisotopic (exact) mass is 387 g/mol. The van der Waals surface area contributed by atoms with Gasteiger partial charge in [-0.05, 0) is 54.8 Å². The highest BCUT2D eigenvalue weighted by atomic mass is 16.5. The lowest BCUT2D eigenvalue weighted by atomic mass is 10.1. The van der Waals surface area contributed by atoms with Gasteiger partial charge in [0.1, 0.15) is 12.1 Å². The van der Waals surface area contributed by atoms with E-state index < -0.39 is 0 Å². The number of hydrogen-bond donors (Lipinski definition) is 1. The average Bonchev–Trinajstić information content (AvgIpc) is 2.83. The molecule has 0 radical (unpaired) electrons. The fourth-order valence-corrected chi connectivity index (χ4v) is 3.28. The standard InChI is InChI=1S/C23H21N3O3/c1-15-9-10-20-19(12-15)26(23(28)18-8-5-11-24-22(18)29-20)14-21(27)25-13-17-7-4-3-6-16(17)2/h3-12H,13-14H2,1-2H3,(H,25,27). The highest BCUT2D eigenvalue weighted by molar-refractivity contribution is 6.11. The molecule has 1 aliphatic heterocycles. The smallest absolute Gasteiger partial charge is 0.264 e. The van der Waals surface area contributed by atoms with Gasteiger partial charge in [-0.3, -0.25) is 14.5 Å². The average molecular weight is 387 g/mol. The number of hydrogen-bond acceptors (Lipinski definition) is 4. The molecule has 6 heteroatoms. The van der Waals surface area contributed by atoms with Crippen molar-refractivity contribution in [3.05, 3.63) is 83.0 Å². The van der Waals surface area contributed by atoms with Crippen LogP contribution >= 0.6 is 0 Å². The number of carbonyl (C=O) groups is 2. The second kappa shape index (κ2) is 7.75. The molecule has 0 saturated heterocycles. The largest absolute Gasteiger partial charge is 0.436 e. The van der Waals surface area contributed by atoms with Gasteiger partial charge in [0.05, 0.1) is 5.69 Å². The molecule has 2 amide bonds. The van der Waals surface area contributed by atoms with Crippen LogP contribution in [0, 0.1) is 13.8 Å². The summed E-state index contributed by atoms with van der Waals surface area (Å²) in [5, 5.41) is 2.91. The number of pyridine rings is 1. The van der Waals surface area contributed by atoms with E-state index in [1.807, 2.05) is 50.2 Å². The summed E-state index contributed by atoms with van der Waals surface area (Å²) >= 11 is 0. The van der Waals surface area contributed by atoms with Crippen LogP contribution in [0.5, 0.6) is 11.6 Å². The van der Waals surface area contributed by atoms with Gasteiger partial charge in [0.2, 0.25) is 11.8 Å². The third-order valence-electron chi connectivity index (χ3n) is 4.90. The molecule has 0 bridgehead atoms. The molecule has 29 heavy (non-hydrogen) atoms. The Hall–Kier alpha value is -3.67. The van der Waals surface area contributed by atoms with Gasteiger partial charge in [0, 0.05) is 12.7 Å². The summed E-state index contributed by atoms with van der Waals surface area (Å²) < 4.78 is 5.88. The third-order valence-corrected chi connectivity index (χ3v) is 4.90. The Morgan fingerprint density at radius 1 is 1.10 bits per heavy atom. The third kappa shape index (κ3) is 3.82. The van der Waals surface area contributed by atoms with Gasteiger partial charge < -0.3 is 10.1 Å². The van der Waals surface area contributed by atoms with E-state index in [2.05, 4.69) is 10.3 Å². The van der Waals surface area contributed by atoms with Crippen LogP contribution in [0.4, 0.5) is 5.69 Å². The maximum absolute atomic E-state index is 13.2. The van der Waals surface area contributed by atoms with E-state index >= 15 is 0 Å². The summed E-state index contributed by atoms with van der Waals surface area (Å²) in [6.45, 7) is 4.22. The van der Waals surface area contributed by atoms with Crippen molar-refractivity contribution in [3.8, 4) is 11.6 Å². The second-order valence-corrected chi connectivity index (χ2v) is 7.02. The molecule has 0 saturated carbocycles. The molecule has 0 atom stereocenters. The second-order valence-electron chi connectivity index (χ2n) is 7.02. The molecule has 1 N–H and O–H groups in total. The van der Waals surface area contributed by atoms with E-state index in [9.17, 15) is 9.59 Å². The van der Waals surface area contributed by atoms with E-state index in [1.54, 1.807) is 24.4 Å². The molecule has 6 nitrogen and oxygen atoms in total. The number of fused-ring (bicyclic) bond motifs is 2. The summed E-state index contributed by atoms with van der Waals surface area (Å²) in [4.78, 5) is 31.5. The van der Waals surface area contributed by atoms with Gasteiger partial charge in [-0.25, -0.2) is 4.98 Å². The SMILES string of the molecule is Cc1ccc2c(c1)N(CC(=O)NCc1ccccc1C)C(=O)c1cccnc1O2. The van der Waals surface area contributed by atoms with Gasteiger partial charge in [0.25, 0.3) is 5.91 Å². The lowest BCUT2D eigenvalue weighted by Gasteiger charge is -2.22. The van der Waals surface area contributed by atoms with Crippen molar-refractivity contribution in [2.24, 2.45) is 0 Å². The minimum atomic E-state index is -0.316. The first-order valence-corrected chi connectivity index (χ1v) is 9.39. The van der Waals surface area contributed by atoms with Gasteiger partial charge in [-0.1, -0.05) is 30.3 Å². The van der Waals surface area contributed by atoms with Crippen molar-refractivity contribution in [3.63, 3.8) is 0 Å². The van der Waals surface area contributed by atoms with Crippen LogP contribution in [-0.4, -0.2) is 23.3 Å². The molecule has 146 valence electrons. The zero-order chi connectivity index (χ0) is 20.4. The highest BCUT2D eigenvalue weighted by Crippen LogP contribution is 2.38. The minimum absolute atomic E-state index is 0.112. The Labute approximate surface area is 169 Å². The minimum Gasteiger partial charge on any atom is -0.436 e. The zero-order valence-corrected chi connectivity index (χ0v) is 16.3. The summed E-state index contributed by atoms with van der Waals surface area (Å²) in [5.41, 5.74) is 3.99. The molecule has 2 aromatic carbocycles. The first kappa shape index (κ1) is 18.7. The number of nitrogens with zero attached hydrogens (tertiary/aromatic N) is 2. The molecule has 0 unspecified atom stereocenters.